The molecule has 0 rings (SSSR count). The summed E-state index contributed by atoms with van der Waals surface area (Å²) in [4.78, 5) is 0. The average Bonchev–Trinajstić information content (AvgIpc) is 2.36. The fourth-order valence-electron chi connectivity index (χ4n) is 1.12. The lowest BCUT2D eigenvalue weighted by atomic mass is 9.81. The van der Waals surface area contributed by atoms with Gasteiger partial charge in [-0.05, 0) is 18.3 Å². The van der Waals surface area contributed by atoms with Gasteiger partial charge in [-0.2, -0.15) is 0 Å². The van der Waals surface area contributed by atoms with Gasteiger partial charge in [0.15, 0.2) is 0 Å². The minimum Gasteiger partial charge on any atom is -0.396 e. The Kier molecular flexibility index (Phi) is 9.92. The zero-order chi connectivity index (χ0) is 15.0. The Morgan fingerprint density at radius 3 is 1.22 bits per heavy atom. The van der Waals surface area contributed by atoms with Gasteiger partial charge < -0.3 is 20.4 Å². The highest BCUT2D eigenvalue weighted by molar-refractivity contribution is 4.78. The smallest absolute Gasteiger partial charge is 0.0897 e. The second kappa shape index (κ2) is 8.86. The van der Waals surface area contributed by atoms with Crippen molar-refractivity contribution in [2.75, 3.05) is 19.8 Å². The highest BCUT2D eigenvalue weighted by Gasteiger charge is 2.27. The number of aliphatic hydroxyl groups is 4. The van der Waals surface area contributed by atoms with Crippen LogP contribution in [0.25, 0.3) is 0 Å². The van der Waals surface area contributed by atoms with E-state index in [1.54, 1.807) is 0 Å². The molecule has 0 aromatic heterocycles. The van der Waals surface area contributed by atoms with E-state index < -0.39 is 5.60 Å². The molecule has 0 aromatic carbocycles. The zero-order valence-corrected chi connectivity index (χ0v) is 12.8. The van der Waals surface area contributed by atoms with E-state index in [9.17, 15) is 5.11 Å². The summed E-state index contributed by atoms with van der Waals surface area (Å²) in [5.74, 6) is 0.458. The molecule has 0 saturated heterocycles. The van der Waals surface area contributed by atoms with Gasteiger partial charge >= 0.3 is 0 Å². The van der Waals surface area contributed by atoms with Gasteiger partial charge in [0.1, 0.15) is 0 Å². The Labute approximate surface area is 112 Å². The molecule has 0 saturated carbocycles. The largest absolute Gasteiger partial charge is 0.396 e. The molecule has 0 radical (unpaired) electrons. The molecular weight excluding hydrogens is 232 g/mol. The molecule has 4 nitrogen and oxygen atoms in total. The number of rotatable bonds is 6. The molecule has 0 aliphatic heterocycles. The van der Waals surface area contributed by atoms with Crippen molar-refractivity contribution in [2.45, 2.75) is 53.6 Å². The fraction of sp³-hybridized carbons (Fsp3) is 1.00. The summed E-state index contributed by atoms with van der Waals surface area (Å²) >= 11 is 0. The SMILES string of the molecule is CC(C)C(C)(CO)CO.CCC(O)(CO)C(C)C. The van der Waals surface area contributed by atoms with Crippen LogP contribution in [0.3, 0.4) is 0 Å². The highest BCUT2D eigenvalue weighted by Crippen LogP contribution is 2.24. The van der Waals surface area contributed by atoms with Crippen LogP contribution in [-0.2, 0) is 0 Å². The summed E-state index contributed by atoms with van der Waals surface area (Å²) in [6.45, 7) is 11.5. The molecule has 0 heterocycles. The lowest BCUT2D eigenvalue weighted by Crippen LogP contribution is -2.38. The molecule has 0 amide bonds. The first-order chi connectivity index (χ1) is 8.13. The Balaban J connectivity index is 0. The third kappa shape index (κ3) is 6.14. The van der Waals surface area contributed by atoms with Crippen LogP contribution in [0.5, 0.6) is 0 Å². The monoisotopic (exact) mass is 264 g/mol. The summed E-state index contributed by atoms with van der Waals surface area (Å²) in [5.41, 5.74) is -1.17. The molecule has 4 heteroatoms. The first-order valence-corrected chi connectivity index (χ1v) is 6.68. The van der Waals surface area contributed by atoms with Gasteiger partial charge in [0.2, 0.25) is 0 Å². The van der Waals surface area contributed by atoms with Gasteiger partial charge in [-0.15, -0.1) is 0 Å². The third-order valence-electron chi connectivity index (χ3n) is 4.08. The van der Waals surface area contributed by atoms with E-state index in [2.05, 4.69) is 0 Å². The Morgan fingerprint density at radius 1 is 0.833 bits per heavy atom. The van der Waals surface area contributed by atoms with Crippen molar-refractivity contribution in [1.29, 1.82) is 0 Å². The van der Waals surface area contributed by atoms with E-state index in [0.29, 0.717) is 12.3 Å². The van der Waals surface area contributed by atoms with Crippen molar-refractivity contribution in [3.8, 4) is 0 Å². The van der Waals surface area contributed by atoms with Gasteiger partial charge in [-0.1, -0.05) is 41.5 Å². The van der Waals surface area contributed by atoms with Crippen LogP contribution in [0.4, 0.5) is 0 Å². The van der Waals surface area contributed by atoms with E-state index in [-0.39, 0.29) is 31.2 Å². The Morgan fingerprint density at radius 2 is 1.22 bits per heavy atom. The predicted molar refractivity (Wildman–Crippen MR) is 74.3 cm³/mol. The van der Waals surface area contributed by atoms with Crippen molar-refractivity contribution in [3.05, 3.63) is 0 Å². The molecule has 4 N–H and O–H groups in total. The normalized spacial score (nSPS) is 15.3. The van der Waals surface area contributed by atoms with Crippen molar-refractivity contribution < 1.29 is 20.4 Å². The van der Waals surface area contributed by atoms with Gasteiger partial charge in [0.25, 0.3) is 0 Å². The van der Waals surface area contributed by atoms with E-state index in [1.807, 2.05) is 41.5 Å². The molecule has 112 valence electrons. The molecule has 0 aliphatic rings. The second-order valence-electron chi connectivity index (χ2n) is 5.89. The van der Waals surface area contributed by atoms with Gasteiger partial charge in [0.05, 0.1) is 25.4 Å². The first-order valence-electron chi connectivity index (χ1n) is 6.68. The van der Waals surface area contributed by atoms with Crippen LogP contribution in [0.15, 0.2) is 0 Å². The lowest BCUT2D eigenvalue weighted by Gasteiger charge is -2.28. The topological polar surface area (TPSA) is 80.9 Å². The molecule has 0 fully saturated rings. The summed E-state index contributed by atoms with van der Waals surface area (Å²) in [6.07, 6.45) is 0.612. The summed E-state index contributed by atoms with van der Waals surface area (Å²) in [7, 11) is 0. The van der Waals surface area contributed by atoms with Crippen LogP contribution in [0.1, 0.15) is 48.0 Å². The predicted octanol–water partition coefficient (Wildman–Crippen LogP) is 1.41. The molecular formula is C14H32O4. The zero-order valence-electron chi connectivity index (χ0n) is 12.8. The lowest BCUT2D eigenvalue weighted by molar-refractivity contribution is -0.0536. The van der Waals surface area contributed by atoms with Crippen molar-refractivity contribution in [1.82, 2.24) is 0 Å². The standard InChI is InChI=1S/2C7H16O2/c1-6(2)7(3,4-8)5-9;1-4-7(9,5-8)6(2)3/h2*6,8-9H,4-5H2,1-3H3. The number of hydrogen-bond acceptors (Lipinski definition) is 4. The minimum absolute atomic E-state index is 0.0567. The van der Waals surface area contributed by atoms with Crippen LogP contribution in [0, 0.1) is 17.3 Å². The van der Waals surface area contributed by atoms with Crippen LogP contribution < -0.4 is 0 Å². The molecule has 0 aromatic rings. The van der Waals surface area contributed by atoms with E-state index in [0.717, 1.165) is 0 Å². The van der Waals surface area contributed by atoms with Crippen molar-refractivity contribution >= 4 is 0 Å². The van der Waals surface area contributed by atoms with E-state index in [1.165, 1.54) is 0 Å². The third-order valence-corrected chi connectivity index (χ3v) is 4.08. The Bertz CT molecular complexity index is 172. The molecule has 0 bridgehead atoms. The molecule has 0 aliphatic carbocycles. The summed E-state index contributed by atoms with van der Waals surface area (Å²) in [6, 6.07) is 0. The van der Waals surface area contributed by atoms with Crippen molar-refractivity contribution in [3.63, 3.8) is 0 Å². The second-order valence-corrected chi connectivity index (χ2v) is 5.89. The maximum Gasteiger partial charge on any atom is 0.0897 e. The van der Waals surface area contributed by atoms with Crippen molar-refractivity contribution in [2.24, 2.45) is 17.3 Å². The van der Waals surface area contributed by atoms with E-state index in [4.69, 9.17) is 15.3 Å². The molecule has 1 unspecified atom stereocenters. The highest BCUT2D eigenvalue weighted by atomic mass is 16.3. The fourth-order valence-corrected chi connectivity index (χ4v) is 1.12. The number of hydrogen-bond donors (Lipinski definition) is 4. The molecule has 1 atom stereocenters. The molecule has 18 heavy (non-hydrogen) atoms. The van der Waals surface area contributed by atoms with Gasteiger partial charge in [-0.3, -0.25) is 0 Å². The number of aliphatic hydroxyl groups excluding tert-OH is 3. The maximum atomic E-state index is 9.46. The maximum absolute atomic E-state index is 9.46. The van der Waals surface area contributed by atoms with Crippen LogP contribution in [0.2, 0.25) is 0 Å². The van der Waals surface area contributed by atoms with Gasteiger partial charge in [0, 0.05) is 5.41 Å². The van der Waals surface area contributed by atoms with E-state index >= 15 is 0 Å². The summed E-state index contributed by atoms with van der Waals surface area (Å²) in [5, 5.41) is 35.8. The Hall–Kier alpha value is -0.160. The van der Waals surface area contributed by atoms with Crippen LogP contribution >= 0.6 is 0 Å². The quantitative estimate of drug-likeness (QED) is 0.585. The summed E-state index contributed by atoms with van der Waals surface area (Å²) < 4.78 is 0. The van der Waals surface area contributed by atoms with Gasteiger partial charge in [-0.25, -0.2) is 0 Å². The van der Waals surface area contributed by atoms with Crippen LogP contribution in [-0.4, -0.2) is 45.8 Å². The minimum atomic E-state index is -0.861. The molecule has 0 spiro atoms. The first kappa shape index (κ1) is 20.2. The average molecular weight is 264 g/mol.